The highest BCUT2D eigenvalue weighted by Crippen LogP contribution is 2.30. The molecule has 0 saturated carbocycles. The standard InChI is InChI=1S/C11H16N2O4/c14-5-1-2-8-6-9-7-12(11(16)17)3-4-13(9)10(8)15/h5,8-9H,1-4,6-7H2,(H,16,17)/t8-,9-/m0/s1. The maximum atomic E-state index is 12.0. The molecule has 6 heteroatoms. The predicted molar refractivity (Wildman–Crippen MR) is 58.5 cm³/mol. The summed E-state index contributed by atoms with van der Waals surface area (Å²) in [5.41, 5.74) is 0. The fraction of sp³-hybridized carbons (Fsp3) is 0.727. The van der Waals surface area contributed by atoms with Crippen molar-refractivity contribution in [1.29, 1.82) is 0 Å². The summed E-state index contributed by atoms with van der Waals surface area (Å²) in [6, 6.07) is 0.00371. The molecule has 0 radical (unpaired) electrons. The first-order valence-corrected chi connectivity index (χ1v) is 5.85. The largest absolute Gasteiger partial charge is 0.465 e. The van der Waals surface area contributed by atoms with E-state index in [0.29, 0.717) is 38.9 Å². The van der Waals surface area contributed by atoms with Crippen LogP contribution < -0.4 is 0 Å². The van der Waals surface area contributed by atoms with Crippen molar-refractivity contribution in [3.8, 4) is 0 Å². The smallest absolute Gasteiger partial charge is 0.407 e. The minimum atomic E-state index is -0.923. The molecular weight excluding hydrogens is 224 g/mol. The van der Waals surface area contributed by atoms with Gasteiger partial charge in [-0.1, -0.05) is 0 Å². The first-order chi connectivity index (χ1) is 8.13. The summed E-state index contributed by atoms with van der Waals surface area (Å²) in [5, 5.41) is 8.91. The lowest BCUT2D eigenvalue weighted by molar-refractivity contribution is -0.133. The molecule has 0 aliphatic carbocycles. The number of fused-ring (bicyclic) bond motifs is 1. The molecule has 1 N–H and O–H groups in total. The van der Waals surface area contributed by atoms with E-state index < -0.39 is 6.09 Å². The van der Waals surface area contributed by atoms with E-state index in [1.807, 2.05) is 0 Å². The summed E-state index contributed by atoms with van der Waals surface area (Å²) in [7, 11) is 0. The Balaban J connectivity index is 1.98. The summed E-state index contributed by atoms with van der Waals surface area (Å²) in [6.07, 6.45) is 1.57. The van der Waals surface area contributed by atoms with Crippen LogP contribution in [0.3, 0.4) is 0 Å². The van der Waals surface area contributed by atoms with Crippen molar-refractivity contribution in [1.82, 2.24) is 9.80 Å². The minimum Gasteiger partial charge on any atom is -0.465 e. The number of carboxylic acid groups (broad SMARTS) is 1. The van der Waals surface area contributed by atoms with Crippen molar-refractivity contribution in [2.75, 3.05) is 19.6 Å². The molecule has 2 atom stereocenters. The lowest BCUT2D eigenvalue weighted by Crippen LogP contribution is -2.52. The number of hydrogen-bond donors (Lipinski definition) is 1. The summed E-state index contributed by atoms with van der Waals surface area (Å²) in [5.74, 6) is -0.0131. The van der Waals surface area contributed by atoms with Gasteiger partial charge in [0.25, 0.3) is 0 Å². The fourth-order valence-electron chi connectivity index (χ4n) is 2.70. The van der Waals surface area contributed by atoms with Gasteiger partial charge in [0.1, 0.15) is 6.29 Å². The average molecular weight is 240 g/mol. The average Bonchev–Trinajstić information content (AvgIpc) is 2.63. The van der Waals surface area contributed by atoms with Gasteiger partial charge >= 0.3 is 6.09 Å². The first kappa shape index (κ1) is 11.9. The summed E-state index contributed by atoms with van der Waals surface area (Å²) in [6.45, 7) is 1.27. The quantitative estimate of drug-likeness (QED) is 0.714. The van der Waals surface area contributed by atoms with E-state index in [1.54, 1.807) is 4.90 Å². The van der Waals surface area contributed by atoms with Gasteiger partial charge < -0.3 is 19.7 Å². The van der Waals surface area contributed by atoms with Gasteiger partial charge in [-0.2, -0.15) is 0 Å². The second kappa shape index (κ2) is 4.73. The van der Waals surface area contributed by atoms with E-state index in [2.05, 4.69) is 0 Å². The van der Waals surface area contributed by atoms with Crippen LogP contribution in [0.15, 0.2) is 0 Å². The SMILES string of the molecule is O=CCC[C@H]1C[C@H]2CN(C(=O)O)CCN2C1=O. The van der Waals surface area contributed by atoms with Gasteiger partial charge in [0.15, 0.2) is 0 Å². The van der Waals surface area contributed by atoms with Gasteiger partial charge in [-0.3, -0.25) is 4.79 Å². The van der Waals surface area contributed by atoms with Gasteiger partial charge in [-0.15, -0.1) is 0 Å². The lowest BCUT2D eigenvalue weighted by atomic mass is 9.99. The zero-order valence-electron chi connectivity index (χ0n) is 9.54. The highest BCUT2D eigenvalue weighted by atomic mass is 16.4. The maximum absolute atomic E-state index is 12.0. The second-order valence-corrected chi connectivity index (χ2v) is 4.59. The number of rotatable bonds is 3. The number of carbonyl (C=O) groups excluding carboxylic acids is 2. The summed E-state index contributed by atoms with van der Waals surface area (Å²) >= 11 is 0. The van der Waals surface area contributed by atoms with Crippen molar-refractivity contribution in [3.63, 3.8) is 0 Å². The molecule has 2 aliphatic heterocycles. The zero-order valence-corrected chi connectivity index (χ0v) is 9.54. The zero-order chi connectivity index (χ0) is 12.4. The molecule has 2 rings (SSSR count). The van der Waals surface area contributed by atoms with Crippen molar-refractivity contribution in [2.24, 2.45) is 5.92 Å². The van der Waals surface area contributed by atoms with Crippen LogP contribution in [-0.4, -0.2) is 58.9 Å². The van der Waals surface area contributed by atoms with Crippen molar-refractivity contribution in [3.05, 3.63) is 0 Å². The fourth-order valence-corrected chi connectivity index (χ4v) is 2.70. The van der Waals surface area contributed by atoms with Gasteiger partial charge in [-0.05, 0) is 12.8 Å². The van der Waals surface area contributed by atoms with Crippen LogP contribution in [0.5, 0.6) is 0 Å². The Morgan fingerprint density at radius 2 is 2.24 bits per heavy atom. The molecule has 17 heavy (non-hydrogen) atoms. The number of nitrogens with zero attached hydrogens (tertiary/aromatic N) is 2. The first-order valence-electron chi connectivity index (χ1n) is 5.85. The third-order valence-electron chi connectivity index (χ3n) is 3.58. The predicted octanol–water partition coefficient (Wildman–Crippen LogP) is 0.176. The molecule has 2 fully saturated rings. The Bertz CT molecular complexity index is 344. The molecule has 0 unspecified atom stereocenters. The number of piperazine rings is 1. The topological polar surface area (TPSA) is 77.9 Å². The molecule has 6 nitrogen and oxygen atoms in total. The number of aldehydes is 1. The van der Waals surface area contributed by atoms with Crippen LogP contribution in [0.4, 0.5) is 4.79 Å². The lowest BCUT2D eigenvalue weighted by Gasteiger charge is -2.35. The monoisotopic (exact) mass is 240 g/mol. The molecule has 0 aromatic carbocycles. The van der Waals surface area contributed by atoms with Crippen LogP contribution >= 0.6 is 0 Å². The molecule has 2 saturated heterocycles. The van der Waals surface area contributed by atoms with Crippen LogP contribution in [0.25, 0.3) is 0 Å². The summed E-state index contributed by atoms with van der Waals surface area (Å²) in [4.78, 5) is 36.3. The van der Waals surface area contributed by atoms with E-state index in [9.17, 15) is 14.4 Å². The second-order valence-electron chi connectivity index (χ2n) is 4.59. The Morgan fingerprint density at radius 1 is 1.47 bits per heavy atom. The molecule has 0 aromatic heterocycles. The van der Waals surface area contributed by atoms with Crippen LogP contribution in [0.2, 0.25) is 0 Å². The highest BCUT2D eigenvalue weighted by molar-refractivity contribution is 5.82. The van der Waals surface area contributed by atoms with Crippen molar-refractivity contribution >= 4 is 18.3 Å². The van der Waals surface area contributed by atoms with Crippen molar-refractivity contribution in [2.45, 2.75) is 25.3 Å². The van der Waals surface area contributed by atoms with Crippen LogP contribution in [0.1, 0.15) is 19.3 Å². The van der Waals surface area contributed by atoms with Crippen LogP contribution in [-0.2, 0) is 9.59 Å². The molecule has 0 spiro atoms. The Labute approximate surface area is 99.2 Å². The van der Waals surface area contributed by atoms with E-state index in [0.717, 1.165) is 6.29 Å². The Hall–Kier alpha value is -1.59. The third-order valence-corrected chi connectivity index (χ3v) is 3.58. The Morgan fingerprint density at radius 3 is 2.88 bits per heavy atom. The molecule has 0 bridgehead atoms. The van der Waals surface area contributed by atoms with E-state index in [4.69, 9.17) is 5.11 Å². The molecule has 2 amide bonds. The van der Waals surface area contributed by atoms with E-state index in [1.165, 1.54) is 4.90 Å². The van der Waals surface area contributed by atoms with Crippen LogP contribution in [0, 0.1) is 5.92 Å². The minimum absolute atomic E-state index is 0.00371. The molecule has 2 aliphatic rings. The van der Waals surface area contributed by atoms with Gasteiger partial charge in [0, 0.05) is 32.0 Å². The highest BCUT2D eigenvalue weighted by Gasteiger charge is 2.42. The molecule has 2 heterocycles. The molecule has 94 valence electrons. The number of carbonyl (C=O) groups is 3. The van der Waals surface area contributed by atoms with Gasteiger partial charge in [-0.25, -0.2) is 4.79 Å². The summed E-state index contributed by atoms with van der Waals surface area (Å²) < 4.78 is 0. The number of hydrogen-bond acceptors (Lipinski definition) is 3. The van der Waals surface area contributed by atoms with Gasteiger partial charge in [0.05, 0.1) is 6.04 Å². The molecular formula is C11H16N2O4. The Kier molecular flexibility index (Phi) is 3.31. The molecule has 0 aromatic rings. The maximum Gasteiger partial charge on any atom is 0.407 e. The van der Waals surface area contributed by atoms with E-state index in [-0.39, 0.29) is 17.9 Å². The third kappa shape index (κ3) is 2.25. The van der Waals surface area contributed by atoms with Gasteiger partial charge in [0.2, 0.25) is 5.91 Å². The number of amides is 2. The normalized spacial score (nSPS) is 28.1. The van der Waals surface area contributed by atoms with Crippen molar-refractivity contribution < 1.29 is 19.5 Å². The van der Waals surface area contributed by atoms with E-state index >= 15 is 0 Å².